The lowest BCUT2D eigenvalue weighted by atomic mass is 10.1. The molecule has 0 radical (unpaired) electrons. The fourth-order valence-electron chi connectivity index (χ4n) is 1.79. The van der Waals surface area contributed by atoms with E-state index < -0.39 is 6.04 Å². The van der Waals surface area contributed by atoms with Gasteiger partial charge in [0.25, 0.3) is 5.91 Å². The predicted molar refractivity (Wildman–Crippen MR) is 77.9 cm³/mol. The van der Waals surface area contributed by atoms with E-state index in [1.54, 1.807) is 18.2 Å². The van der Waals surface area contributed by atoms with Gasteiger partial charge in [0.2, 0.25) is 0 Å². The molecule has 4 heteroatoms. The van der Waals surface area contributed by atoms with Crippen LogP contribution >= 0.6 is 15.9 Å². The zero-order chi connectivity index (χ0) is 13.7. The zero-order valence-corrected chi connectivity index (χ0v) is 11.8. The molecule has 0 heterocycles. The van der Waals surface area contributed by atoms with Gasteiger partial charge in [-0.3, -0.25) is 4.79 Å². The molecule has 19 heavy (non-hydrogen) atoms. The lowest BCUT2D eigenvalue weighted by molar-refractivity contribution is 0.0916. The van der Waals surface area contributed by atoms with Gasteiger partial charge in [-0.2, -0.15) is 0 Å². The van der Waals surface area contributed by atoms with Crippen molar-refractivity contribution in [1.29, 1.82) is 0 Å². The number of amides is 1. The van der Waals surface area contributed by atoms with Crippen molar-refractivity contribution < 1.29 is 9.90 Å². The van der Waals surface area contributed by atoms with Crippen LogP contribution in [0.2, 0.25) is 0 Å². The normalized spacial score (nSPS) is 11.9. The standard InChI is InChI=1S/C15H14BrNO2/c16-13-8-4-7-12(9-13)15(19)17-14(10-18)11-5-2-1-3-6-11/h1-9,14,18H,10H2,(H,17,19). The van der Waals surface area contributed by atoms with Crippen LogP contribution in [0.1, 0.15) is 22.0 Å². The van der Waals surface area contributed by atoms with Crippen LogP contribution in [0, 0.1) is 0 Å². The lowest BCUT2D eigenvalue weighted by Gasteiger charge is -2.16. The third kappa shape index (κ3) is 3.66. The molecule has 0 bridgehead atoms. The fourth-order valence-corrected chi connectivity index (χ4v) is 2.19. The van der Waals surface area contributed by atoms with E-state index in [9.17, 15) is 9.90 Å². The number of nitrogens with one attached hydrogen (secondary N) is 1. The molecule has 0 aliphatic heterocycles. The molecule has 2 rings (SSSR count). The minimum Gasteiger partial charge on any atom is -0.394 e. The first kappa shape index (κ1) is 13.8. The number of aliphatic hydroxyl groups is 1. The Morgan fingerprint density at radius 1 is 1.16 bits per heavy atom. The number of rotatable bonds is 4. The Balaban J connectivity index is 2.13. The minimum atomic E-state index is -0.396. The molecule has 2 aromatic carbocycles. The smallest absolute Gasteiger partial charge is 0.251 e. The second-order valence-electron chi connectivity index (χ2n) is 4.13. The maximum absolute atomic E-state index is 12.1. The Labute approximate surface area is 120 Å². The molecule has 2 aromatic rings. The molecule has 1 unspecified atom stereocenters. The van der Waals surface area contributed by atoms with Crippen molar-refractivity contribution in [1.82, 2.24) is 5.32 Å². The molecular formula is C15H14BrNO2. The third-order valence-corrected chi connectivity index (χ3v) is 3.27. The number of carbonyl (C=O) groups is 1. The van der Waals surface area contributed by atoms with E-state index in [1.165, 1.54) is 0 Å². The largest absolute Gasteiger partial charge is 0.394 e. The van der Waals surface area contributed by atoms with Gasteiger partial charge in [-0.1, -0.05) is 52.3 Å². The highest BCUT2D eigenvalue weighted by atomic mass is 79.9. The van der Waals surface area contributed by atoms with E-state index in [-0.39, 0.29) is 12.5 Å². The Morgan fingerprint density at radius 3 is 2.53 bits per heavy atom. The van der Waals surface area contributed by atoms with Crippen molar-refractivity contribution >= 4 is 21.8 Å². The van der Waals surface area contributed by atoms with E-state index in [0.717, 1.165) is 10.0 Å². The van der Waals surface area contributed by atoms with Crippen LogP contribution in [0.15, 0.2) is 59.1 Å². The molecule has 0 saturated heterocycles. The molecule has 0 saturated carbocycles. The van der Waals surface area contributed by atoms with Crippen LogP contribution in [-0.4, -0.2) is 17.6 Å². The van der Waals surface area contributed by atoms with Crippen LogP contribution in [0.3, 0.4) is 0 Å². The zero-order valence-electron chi connectivity index (χ0n) is 10.2. The Morgan fingerprint density at radius 2 is 1.89 bits per heavy atom. The SMILES string of the molecule is O=C(NC(CO)c1ccccc1)c1cccc(Br)c1. The quantitative estimate of drug-likeness (QED) is 0.910. The Kier molecular flexibility index (Phi) is 4.71. The van der Waals surface area contributed by atoms with Gasteiger partial charge in [0.15, 0.2) is 0 Å². The highest BCUT2D eigenvalue weighted by molar-refractivity contribution is 9.10. The van der Waals surface area contributed by atoms with Crippen molar-refractivity contribution in [2.45, 2.75) is 6.04 Å². The number of hydrogen-bond donors (Lipinski definition) is 2. The van der Waals surface area contributed by atoms with Crippen LogP contribution < -0.4 is 5.32 Å². The summed E-state index contributed by atoms with van der Waals surface area (Å²) in [5.74, 6) is -0.204. The Hall–Kier alpha value is -1.65. The van der Waals surface area contributed by atoms with Gasteiger partial charge in [0.1, 0.15) is 0 Å². The second kappa shape index (κ2) is 6.50. The number of aliphatic hydroxyl groups excluding tert-OH is 1. The molecule has 2 N–H and O–H groups in total. The molecule has 3 nitrogen and oxygen atoms in total. The van der Waals surface area contributed by atoms with Crippen LogP contribution in [0.25, 0.3) is 0 Å². The van der Waals surface area contributed by atoms with E-state index in [0.29, 0.717) is 5.56 Å². The van der Waals surface area contributed by atoms with Gasteiger partial charge in [-0.05, 0) is 23.8 Å². The second-order valence-corrected chi connectivity index (χ2v) is 5.05. The number of halogens is 1. The summed E-state index contributed by atoms with van der Waals surface area (Å²) < 4.78 is 0.848. The number of benzene rings is 2. The maximum atomic E-state index is 12.1. The first-order chi connectivity index (χ1) is 9.20. The molecule has 1 atom stereocenters. The molecule has 1 amide bonds. The van der Waals surface area contributed by atoms with Gasteiger partial charge in [-0.15, -0.1) is 0 Å². The van der Waals surface area contributed by atoms with E-state index in [1.807, 2.05) is 36.4 Å². The van der Waals surface area contributed by atoms with Gasteiger partial charge in [-0.25, -0.2) is 0 Å². The van der Waals surface area contributed by atoms with Crippen molar-refractivity contribution in [2.75, 3.05) is 6.61 Å². The van der Waals surface area contributed by atoms with Crippen molar-refractivity contribution in [3.63, 3.8) is 0 Å². The molecule has 0 aromatic heterocycles. The van der Waals surface area contributed by atoms with Gasteiger partial charge in [0.05, 0.1) is 12.6 Å². The summed E-state index contributed by atoms with van der Waals surface area (Å²) >= 11 is 3.33. The average Bonchev–Trinajstić information content (AvgIpc) is 2.45. The van der Waals surface area contributed by atoms with Crippen molar-refractivity contribution in [3.8, 4) is 0 Å². The molecule has 98 valence electrons. The highest BCUT2D eigenvalue weighted by Gasteiger charge is 2.14. The number of hydrogen-bond acceptors (Lipinski definition) is 2. The molecular weight excluding hydrogens is 306 g/mol. The van der Waals surface area contributed by atoms with Crippen LogP contribution in [0.4, 0.5) is 0 Å². The summed E-state index contributed by atoms with van der Waals surface area (Å²) in [5, 5.41) is 12.2. The summed E-state index contributed by atoms with van der Waals surface area (Å²) in [6.45, 7) is -0.135. The summed E-state index contributed by atoms with van der Waals surface area (Å²) in [6.07, 6.45) is 0. The van der Waals surface area contributed by atoms with Gasteiger partial charge >= 0.3 is 0 Å². The number of carbonyl (C=O) groups excluding carboxylic acids is 1. The molecule has 0 fully saturated rings. The van der Waals surface area contributed by atoms with Gasteiger partial charge < -0.3 is 10.4 Å². The predicted octanol–water partition coefficient (Wildman–Crippen LogP) is 2.91. The van der Waals surface area contributed by atoms with E-state index in [2.05, 4.69) is 21.2 Å². The Bertz CT molecular complexity index is 557. The topological polar surface area (TPSA) is 49.3 Å². The first-order valence-corrected chi connectivity index (χ1v) is 6.72. The van der Waals surface area contributed by atoms with Crippen LogP contribution in [0.5, 0.6) is 0 Å². The van der Waals surface area contributed by atoms with E-state index >= 15 is 0 Å². The van der Waals surface area contributed by atoms with Crippen LogP contribution in [-0.2, 0) is 0 Å². The van der Waals surface area contributed by atoms with Gasteiger partial charge in [0, 0.05) is 10.0 Å². The highest BCUT2D eigenvalue weighted by Crippen LogP contribution is 2.15. The molecule has 0 aliphatic rings. The average molecular weight is 320 g/mol. The minimum absolute atomic E-state index is 0.135. The molecule has 0 aliphatic carbocycles. The fraction of sp³-hybridized carbons (Fsp3) is 0.133. The maximum Gasteiger partial charge on any atom is 0.251 e. The summed E-state index contributed by atoms with van der Waals surface area (Å²) in [7, 11) is 0. The van der Waals surface area contributed by atoms with E-state index in [4.69, 9.17) is 0 Å². The monoisotopic (exact) mass is 319 g/mol. The summed E-state index contributed by atoms with van der Waals surface area (Å²) in [6, 6.07) is 16.2. The summed E-state index contributed by atoms with van der Waals surface area (Å²) in [4.78, 5) is 12.1. The van der Waals surface area contributed by atoms with Crippen molar-refractivity contribution in [2.24, 2.45) is 0 Å². The molecule has 0 spiro atoms. The van der Waals surface area contributed by atoms with Crippen molar-refractivity contribution in [3.05, 3.63) is 70.2 Å². The first-order valence-electron chi connectivity index (χ1n) is 5.93. The summed E-state index contributed by atoms with van der Waals surface area (Å²) in [5.41, 5.74) is 1.44. The lowest BCUT2D eigenvalue weighted by Crippen LogP contribution is -2.30. The third-order valence-electron chi connectivity index (χ3n) is 2.78.